The Morgan fingerprint density at radius 3 is 2.90 bits per heavy atom. The van der Waals surface area contributed by atoms with Crippen molar-refractivity contribution in [2.24, 2.45) is 7.05 Å². The van der Waals surface area contributed by atoms with E-state index in [2.05, 4.69) is 12.1 Å². The van der Waals surface area contributed by atoms with Crippen molar-refractivity contribution in [3.05, 3.63) is 12.4 Å². The first-order valence-corrected chi connectivity index (χ1v) is 3.72. The van der Waals surface area contributed by atoms with Crippen molar-refractivity contribution in [2.75, 3.05) is 0 Å². The number of unbranched alkanes of at least 4 members (excludes halogenated alkanes) is 1. The van der Waals surface area contributed by atoms with E-state index in [9.17, 15) is 0 Å². The summed E-state index contributed by atoms with van der Waals surface area (Å²) in [6, 6.07) is 0. The second kappa shape index (κ2) is 3.34. The van der Waals surface area contributed by atoms with Gasteiger partial charge in [-0.1, -0.05) is 13.3 Å². The molecule has 0 aliphatic rings. The summed E-state index contributed by atoms with van der Waals surface area (Å²) in [5, 5.41) is 4.18. The van der Waals surface area contributed by atoms with Gasteiger partial charge in [0.1, 0.15) is 13.6 Å². The third kappa shape index (κ3) is 1.83. The molecule has 1 aromatic heterocycles. The van der Waals surface area contributed by atoms with Crippen molar-refractivity contribution in [1.29, 1.82) is 0 Å². The van der Waals surface area contributed by atoms with E-state index in [0.29, 0.717) is 0 Å². The largest absolute Gasteiger partial charge is 0.155 e. The summed E-state index contributed by atoms with van der Waals surface area (Å²) in [6.07, 6.45) is 6.39. The zero-order chi connectivity index (χ0) is 7.40. The van der Waals surface area contributed by atoms with Gasteiger partial charge in [0.15, 0.2) is 12.4 Å². The molecule has 0 aromatic carbocycles. The highest BCUT2D eigenvalue weighted by Crippen LogP contribution is 1.89. The van der Waals surface area contributed by atoms with Crippen molar-refractivity contribution < 1.29 is 4.68 Å². The van der Waals surface area contributed by atoms with Crippen LogP contribution in [-0.2, 0) is 13.6 Å². The van der Waals surface area contributed by atoms with Gasteiger partial charge < -0.3 is 0 Å². The summed E-state index contributed by atoms with van der Waals surface area (Å²) in [5.74, 6) is 0. The Balaban J connectivity index is 2.42. The van der Waals surface area contributed by atoms with E-state index in [-0.39, 0.29) is 0 Å². The molecule has 0 bridgehead atoms. The molecule has 0 saturated heterocycles. The molecule has 10 heavy (non-hydrogen) atoms. The van der Waals surface area contributed by atoms with Crippen LogP contribution in [0.15, 0.2) is 12.4 Å². The van der Waals surface area contributed by atoms with E-state index in [1.165, 1.54) is 12.8 Å². The summed E-state index contributed by atoms with van der Waals surface area (Å²) in [4.78, 5) is 0. The van der Waals surface area contributed by atoms with Crippen molar-refractivity contribution in [3.8, 4) is 0 Å². The van der Waals surface area contributed by atoms with Gasteiger partial charge in [-0.2, -0.15) is 0 Å². The van der Waals surface area contributed by atoms with Gasteiger partial charge in [0.25, 0.3) is 0 Å². The van der Waals surface area contributed by atoms with Gasteiger partial charge in [0, 0.05) is 0 Å². The molecule has 3 heteroatoms. The molecule has 3 nitrogen and oxygen atoms in total. The second-order valence-electron chi connectivity index (χ2n) is 2.48. The first-order valence-electron chi connectivity index (χ1n) is 3.72. The lowest BCUT2D eigenvalue weighted by Gasteiger charge is -1.88. The van der Waals surface area contributed by atoms with Crippen LogP contribution < -0.4 is 4.68 Å². The minimum atomic E-state index is 1.04. The highest BCUT2D eigenvalue weighted by Gasteiger charge is 1.98. The smallest absolute Gasteiger partial charge is 0.141 e. The number of hydrogen-bond acceptors (Lipinski definition) is 1. The van der Waals surface area contributed by atoms with Gasteiger partial charge in [-0.3, -0.25) is 0 Å². The van der Waals surface area contributed by atoms with Gasteiger partial charge in [-0.15, -0.1) is 9.36 Å². The topological polar surface area (TPSA) is 21.7 Å². The average molecular weight is 140 g/mol. The Hall–Kier alpha value is -0.860. The Kier molecular flexibility index (Phi) is 2.42. The maximum absolute atomic E-state index is 4.18. The van der Waals surface area contributed by atoms with Crippen LogP contribution in [0.3, 0.4) is 0 Å². The Bertz CT molecular complexity index is 192. The molecule has 0 N–H and O–H groups in total. The van der Waals surface area contributed by atoms with Gasteiger partial charge >= 0.3 is 0 Å². The molecule has 0 aliphatic carbocycles. The highest BCUT2D eigenvalue weighted by molar-refractivity contribution is 4.56. The zero-order valence-electron chi connectivity index (χ0n) is 6.62. The summed E-state index contributed by atoms with van der Waals surface area (Å²) in [6.45, 7) is 3.22. The molecule has 0 radical (unpaired) electrons. The monoisotopic (exact) mass is 140 g/mol. The minimum Gasteiger partial charge on any atom is -0.141 e. The average Bonchev–Trinajstić information content (AvgIpc) is 2.31. The Labute approximate surface area is 61.3 Å². The molecule has 0 saturated carbocycles. The molecular formula is C7H14N3+. The predicted octanol–water partition coefficient (Wildman–Crippen LogP) is 0.508. The van der Waals surface area contributed by atoms with Crippen LogP contribution in [0.5, 0.6) is 0 Å². The Morgan fingerprint density at radius 2 is 2.40 bits per heavy atom. The van der Waals surface area contributed by atoms with Gasteiger partial charge in [0.05, 0.1) is 5.21 Å². The first-order chi connectivity index (χ1) is 4.83. The van der Waals surface area contributed by atoms with E-state index in [1.54, 1.807) is 0 Å². The van der Waals surface area contributed by atoms with Crippen LogP contribution in [0, 0.1) is 0 Å². The summed E-state index contributed by atoms with van der Waals surface area (Å²) < 4.78 is 3.78. The molecule has 1 rings (SSSR count). The number of nitrogens with zero attached hydrogens (tertiary/aromatic N) is 3. The van der Waals surface area contributed by atoms with Crippen LogP contribution in [0.1, 0.15) is 19.8 Å². The lowest BCUT2D eigenvalue weighted by molar-refractivity contribution is -0.732. The second-order valence-corrected chi connectivity index (χ2v) is 2.48. The minimum absolute atomic E-state index is 1.04. The van der Waals surface area contributed by atoms with Crippen LogP contribution in [-0.4, -0.2) is 9.90 Å². The first kappa shape index (κ1) is 7.25. The third-order valence-electron chi connectivity index (χ3n) is 1.45. The zero-order valence-corrected chi connectivity index (χ0v) is 6.62. The number of hydrogen-bond donors (Lipinski definition) is 0. The molecule has 0 fully saturated rings. The van der Waals surface area contributed by atoms with Gasteiger partial charge in [-0.05, 0) is 6.42 Å². The van der Waals surface area contributed by atoms with Crippen LogP contribution >= 0.6 is 0 Å². The maximum Gasteiger partial charge on any atom is 0.155 e. The van der Waals surface area contributed by atoms with Crippen molar-refractivity contribution in [2.45, 2.75) is 26.3 Å². The molecule has 0 unspecified atom stereocenters. The predicted molar refractivity (Wildman–Crippen MR) is 38.3 cm³/mol. The Morgan fingerprint density at radius 1 is 1.60 bits per heavy atom. The van der Waals surface area contributed by atoms with Crippen molar-refractivity contribution in [3.63, 3.8) is 0 Å². The van der Waals surface area contributed by atoms with E-state index in [0.717, 1.165) is 6.54 Å². The van der Waals surface area contributed by atoms with Crippen molar-refractivity contribution >= 4 is 0 Å². The fourth-order valence-corrected chi connectivity index (χ4v) is 0.854. The highest BCUT2D eigenvalue weighted by atomic mass is 15.5. The molecule has 56 valence electrons. The lowest BCUT2D eigenvalue weighted by atomic mass is 10.3. The third-order valence-corrected chi connectivity index (χ3v) is 1.45. The van der Waals surface area contributed by atoms with E-state index >= 15 is 0 Å². The molecule has 0 atom stereocenters. The molecule has 0 spiro atoms. The van der Waals surface area contributed by atoms with Crippen LogP contribution in [0.25, 0.3) is 0 Å². The SMILES string of the molecule is CCCCn1cc[n+](C)n1. The van der Waals surface area contributed by atoms with E-state index in [1.807, 2.05) is 28.8 Å². The van der Waals surface area contributed by atoms with E-state index < -0.39 is 0 Å². The molecule has 1 aromatic rings. The van der Waals surface area contributed by atoms with Crippen molar-refractivity contribution in [1.82, 2.24) is 9.90 Å². The van der Waals surface area contributed by atoms with Gasteiger partial charge in [0.2, 0.25) is 0 Å². The normalized spacial score (nSPS) is 10.2. The van der Waals surface area contributed by atoms with E-state index in [4.69, 9.17) is 0 Å². The molecular weight excluding hydrogens is 126 g/mol. The molecule has 0 amide bonds. The standard InChI is InChI=1S/C7H14N3/c1-3-4-5-10-7-6-9(2)8-10/h6-7H,3-5H2,1-2H3/q+1. The summed E-state index contributed by atoms with van der Waals surface area (Å²) in [7, 11) is 1.93. The van der Waals surface area contributed by atoms with Crippen LogP contribution in [0.4, 0.5) is 0 Å². The molecule has 0 aliphatic heterocycles. The summed E-state index contributed by atoms with van der Waals surface area (Å²) >= 11 is 0. The number of aromatic nitrogens is 3. The quantitative estimate of drug-likeness (QED) is 0.560. The summed E-state index contributed by atoms with van der Waals surface area (Å²) in [5.41, 5.74) is 0. The lowest BCUT2D eigenvalue weighted by Crippen LogP contribution is -2.30. The fraction of sp³-hybridized carbons (Fsp3) is 0.714. The van der Waals surface area contributed by atoms with Crippen LogP contribution in [0.2, 0.25) is 0 Å². The van der Waals surface area contributed by atoms with Gasteiger partial charge in [-0.25, -0.2) is 0 Å². The fourth-order valence-electron chi connectivity index (χ4n) is 0.854. The maximum atomic E-state index is 4.18. The number of aryl methyl sites for hydroxylation is 2. The number of rotatable bonds is 3. The molecule has 1 heterocycles.